The molecular formula is C17H23N3O3S. The molecule has 0 spiro atoms. The molecule has 0 saturated carbocycles. The van der Waals surface area contributed by atoms with Crippen LogP contribution in [0.25, 0.3) is 0 Å². The summed E-state index contributed by atoms with van der Waals surface area (Å²) in [5.41, 5.74) is 1.19. The standard InChI is InChI=1S/C17H23N3O3S/c21-17(18-13-14-6-2-1-3-7-14)19-15-8-4-9-16(12-15)20-10-5-11-24(20,22)23/h1-2,4,8-9,12,14H,3,5-7,10-11,13H2,(H2,18,19,21). The lowest BCUT2D eigenvalue weighted by atomic mass is 9.94. The van der Waals surface area contributed by atoms with Gasteiger partial charge in [-0.3, -0.25) is 4.31 Å². The summed E-state index contributed by atoms with van der Waals surface area (Å²) in [6.45, 7) is 1.14. The third-order valence-corrected chi connectivity index (χ3v) is 6.29. The van der Waals surface area contributed by atoms with Crippen LogP contribution in [0.3, 0.4) is 0 Å². The van der Waals surface area contributed by atoms with Crippen LogP contribution in [0.5, 0.6) is 0 Å². The summed E-state index contributed by atoms with van der Waals surface area (Å²) in [4.78, 5) is 12.0. The number of amides is 2. The van der Waals surface area contributed by atoms with E-state index in [1.54, 1.807) is 24.3 Å². The molecular weight excluding hydrogens is 326 g/mol. The number of hydrogen-bond donors (Lipinski definition) is 2. The van der Waals surface area contributed by atoms with E-state index in [0.717, 1.165) is 19.3 Å². The molecule has 3 rings (SSSR count). The van der Waals surface area contributed by atoms with E-state index in [1.165, 1.54) is 4.31 Å². The van der Waals surface area contributed by atoms with Gasteiger partial charge in [0.05, 0.1) is 11.4 Å². The highest BCUT2D eigenvalue weighted by atomic mass is 32.2. The summed E-state index contributed by atoms with van der Waals surface area (Å²) < 4.78 is 25.4. The lowest BCUT2D eigenvalue weighted by Crippen LogP contribution is -2.33. The van der Waals surface area contributed by atoms with Crippen molar-refractivity contribution in [1.29, 1.82) is 0 Å². The van der Waals surface area contributed by atoms with Crippen LogP contribution in [0.15, 0.2) is 36.4 Å². The van der Waals surface area contributed by atoms with Crippen LogP contribution < -0.4 is 14.9 Å². The fourth-order valence-corrected chi connectivity index (χ4v) is 4.68. The number of benzene rings is 1. The Morgan fingerprint density at radius 1 is 1.29 bits per heavy atom. The number of hydrogen-bond acceptors (Lipinski definition) is 3. The van der Waals surface area contributed by atoms with Crippen LogP contribution in [0.1, 0.15) is 25.7 Å². The molecule has 24 heavy (non-hydrogen) atoms. The lowest BCUT2D eigenvalue weighted by molar-refractivity contribution is 0.249. The van der Waals surface area contributed by atoms with Gasteiger partial charge in [0.25, 0.3) is 0 Å². The van der Waals surface area contributed by atoms with Crippen molar-refractivity contribution in [1.82, 2.24) is 5.32 Å². The second kappa shape index (κ2) is 7.25. The maximum atomic E-state index is 12.0. The van der Waals surface area contributed by atoms with Crippen LogP contribution >= 0.6 is 0 Å². The van der Waals surface area contributed by atoms with Crippen molar-refractivity contribution < 1.29 is 13.2 Å². The number of allylic oxidation sites excluding steroid dienone is 2. The average molecular weight is 349 g/mol. The summed E-state index contributed by atoms with van der Waals surface area (Å²) in [5.74, 6) is 0.669. The van der Waals surface area contributed by atoms with Crippen molar-refractivity contribution in [2.75, 3.05) is 28.5 Å². The van der Waals surface area contributed by atoms with E-state index >= 15 is 0 Å². The van der Waals surface area contributed by atoms with Gasteiger partial charge in [-0.15, -0.1) is 0 Å². The Hall–Kier alpha value is -2.02. The molecule has 1 unspecified atom stereocenters. The first kappa shape index (κ1) is 16.8. The van der Waals surface area contributed by atoms with Gasteiger partial charge in [-0.25, -0.2) is 13.2 Å². The van der Waals surface area contributed by atoms with Crippen LogP contribution in [-0.2, 0) is 10.0 Å². The number of rotatable bonds is 4. The van der Waals surface area contributed by atoms with Gasteiger partial charge in [0.2, 0.25) is 10.0 Å². The normalized spacial score (nSPS) is 22.3. The molecule has 1 fully saturated rings. The summed E-state index contributed by atoms with van der Waals surface area (Å²) >= 11 is 0. The van der Waals surface area contributed by atoms with E-state index in [-0.39, 0.29) is 11.8 Å². The van der Waals surface area contributed by atoms with E-state index in [9.17, 15) is 13.2 Å². The number of urea groups is 1. The fraction of sp³-hybridized carbons (Fsp3) is 0.471. The summed E-state index contributed by atoms with van der Waals surface area (Å²) in [7, 11) is -3.21. The van der Waals surface area contributed by atoms with Crippen molar-refractivity contribution in [2.24, 2.45) is 5.92 Å². The second-order valence-corrected chi connectivity index (χ2v) is 8.29. The summed E-state index contributed by atoms with van der Waals surface area (Å²) in [5, 5.41) is 5.67. The minimum Gasteiger partial charge on any atom is -0.338 e. The molecule has 1 aromatic carbocycles. The molecule has 0 bridgehead atoms. The summed E-state index contributed by atoms with van der Waals surface area (Å²) in [6, 6.07) is 6.71. The molecule has 1 heterocycles. The van der Waals surface area contributed by atoms with Crippen molar-refractivity contribution in [3.8, 4) is 0 Å². The highest BCUT2D eigenvalue weighted by Crippen LogP contribution is 2.26. The predicted octanol–water partition coefficient (Wildman–Crippen LogP) is 2.70. The SMILES string of the molecule is O=C(NCC1CC=CCC1)Nc1cccc(N2CCCS2(=O)=O)c1. The average Bonchev–Trinajstić information content (AvgIpc) is 2.93. The highest BCUT2D eigenvalue weighted by Gasteiger charge is 2.28. The molecule has 1 aliphatic carbocycles. The van der Waals surface area contributed by atoms with Crippen LogP contribution in [0, 0.1) is 5.92 Å². The van der Waals surface area contributed by atoms with Crippen LogP contribution in [-0.4, -0.2) is 33.3 Å². The molecule has 0 aromatic heterocycles. The van der Waals surface area contributed by atoms with Gasteiger partial charge in [-0.05, 0) is 49.8 Å². The fourth-order valence-electron chi connectivity index (χ4n) is 3.12. The van der Waals surface area contributed by atoms with Gasteiger partial charge in [0.1, 0.15) is 0 Å². The Balaban J connectivity index is 1.58. The van der Waals surface area contributed by atoms with Gasteiger partial charge in [0.15, 0.2) is 0 Å². The van der Waals surface area contributed by atoms with E-state index in [4.69, 9.17) is 0 Å². The van der Waals surface area contributed by atoms with E-state index in [1.807, 2.05) is 0 Å². The third-order valence-electron chi connectivity index (χ3n) is 4.42. The number of nitrogens with zero attached hydrogens (tertiary/aromatic N) is 1. The van der Waals surface area contributed by atoms with Crippen LogP contribution in [0.2, 0.25) is 0 Å². The first-order valence-electron chi connectivity index (χ1n) is 8.35. The van der Waals surface area contributed by atoms with E-state index in [2.05, 4.69) is 22.8 Å². The van der Waals surface area contributed by atoms with Gasteiger partial charge in [-0.2, -0.15) is 0 Å². The van der Waals surface area contributed by atoms with Crippen molar-refractivity contribution in [3.05, 3.63) is 36.4 Å². The molecule has 1 aliphatic heterocycles. The summed E-state index contributed by atoms with van der Waals surface area (Å²) in [6.07, 6.45) is 8.14. The Morgan fingerprint density at radius 2 is 2.17 bits per heavy atom. The van der Waals surface area contributed by atoms with Crippen molar-refractivity contribution in [3.63, 3.8) is 0 Å². The number of anilines is 2. The Kier molecular flexibility index (Phi) is 5.08. The number of sulfonamides is 1. The smallest absolute Gasteiger partial charge is 0.319 e. The highest BCUT2D eigenvalue weighted by molar-refractivity contribution is 7.93. The lowest BCUT2D eigenvalue weighted by Gasteiger charge is -2.19. The van der Waals surface area contributed by atoms with Crippen molar-refractivity contribution in [2.45, 2.75) is 25.7 Å². The maximum Gasteiger partial charge on any atom is 0.319 e. The molecule has 2 aliphatic rings. The molecule has 1 aromatic rings. The molecule has 6 nitrogen and oxygen atoms in total. The third kappa shape index (κ3) is 4.08. The number of carbonyl (C=O) groups is 1. The molecule has 1 atom stereocenters. The monoisotopic (exact) mass is 349 g/mol. The predicted molar refractivity (Wildman–Crippen MR) is 95.7 cm³/mol. The van der Waals surface area contributed by atoms with Gasteiger partial charge in [-0.1, -0.05) is 18.2 Å². The zero-order valence-electron chi connectivity index (χ0n) is 13.6. The molecule has 2 amide bonds. The van der Waals surface area contributed by atoms with E-state index < -0.39 is 10.0 Å². The van der Waals surface area contributed by atoms with Crippen LogP contribution in [0.4, 0.5) is 16.2 Å². The first-order valence-corrected chi connectivity index (χ1v) is 9.96. The number of carbonyl (C=O) groups excluding carboxylic acids is 1. The molecule has 1 saturated heterocycles. The Labute approximate surface area is 143 Å². The quantitative estimate of drug-likeness (QED) is 0.821. The molecule has 130 valence electrons. The topological polar surface area (TPSA) is 78.5 Å². The van der Waals surface area contributed by atoms with Gasteiger partial charge in [0, 0.05) is 18.8 Å². The van der Waals surface area contributed by atoms with Gasteiger partial charge < -0.3 is 10.6 Å². The molecule has 2 N–H and O–H groups in total. The Morgan fingerprint density at radius 3 is 2.88 bits per heavy atom. The van der Waals surface area contributed by atoms with E-state index in [0.29, 0.717) is 36.8 Å². The first-order chi connectivity index (χ1) is 11.5. The maximum absolute atomic E-state index is 12.0. The largest absolute Gasteiger partial charge is 0.338 e. The minimum atomic E-state index is -3.21. The molecule has 7 heteroatoms. The van der Waals surface area contributed by atoms with Crippen molar-refractivity contribution >= 4 is 27.4 Å². The Bertz CT molecular complexity index is 730. The van der Waals surface area contributed by atoms with Gasteiger partial charge >= 0.3 is 6.03 Å². The number of nitrogens with one attached hydrogen (secondary N) is 2. The molecule has 0 radical (unpaired) electrons. The zero-order valence-corrected chi connectivity index (χ0v) is 14.4. The zero-order chi connectivity index (χ0) is 17.0. The minimum absolute atomic E-state index is 0.182. The second-order valence-electron chi connectivity index (χ2n) is 6.28.